The molecule has 0 bridgehead atoms. The smallest absolute Gasteiger partial charge is 0.316 e. The molecule has 1 aliphatic rings. The molecule has 0 aromatic heterocycles. The predicted octanol–water partition coefficient (Wildman–Crippen LogP) is -0.142. The van der Waals surface area contributed by atoms with Crippen LogP contribution in [0.5, 0.6) is 0 Å². The molecule has 18 heavy (non-hydrogen) atoms. The first-order valence-corrected chi connectivity index (χ1v) is 6.51. The Balaban J connectivity index is 2.06. The van der Waals surface area contributed by atoms with Crippen LogP contribution in [0.2, 0.25) is 0 Å². The lowest BCUT2D eigenvalue weighted by Gasteiger charge is -2.20. The van der Waals surface area contributed by atoms with Gasteiger partial charge in [0.1, 0.15) is 0 Å². The first-order chi connectivity index (χ1) is 8.56. The topological polar surface area (TPSA) is 64.7 Å². The summed E-state index contributed by atoms with van der Waals surface area (Å²) in [5.41, 5.74) is 0. The highest BCUT2D eigenvalue weighted by molar-refractivity contribution is 5.79. The molecule has 0 unspecified atom stereocenters. The Labute approximate surface area is 109 Å². The number of nitrogens with one attached hydrogen (secondary N) is 2. The van der Waals surface area contributed by atoms with Crippen molar-refractivity contribution in [1.82, 2.24) is 20.4 Å². The fourth-order valence-electron chi connectivity index (χ4n) is 1.74. The summed E-state index contributed by atoms with van der Waals surface area (Å²) in [4.78, 5) is 26.4. The Morgan fingerprint density at radius 3 is 2.39 bits per heavy atom. The molecule has 2 N–H and O–H groups in total. The van der Waals surface area contributed by atoms with E-state index >= 15 is 0 Å². The molecular weight excluding hydrogens is 232 g/mol. The van der Waals surface area contributed by atoms with Crippen molar-refractivity contribution in [3.63, 3.8) is 0 Å². The summed E-state index contributed by atoms with van der Waals surface area (Å²) < 4.78 is 0. The summed E-state index contributed by atoms with van der Waals surface area (Å²) in [7, 11) is 3.39. The Morgan fingerprint density at radius 1 is 1.22 bits per heavy atom. The van der Waals surface area contributed by atoms with Gasteiger partial charge in [-0.2, -0.15) is 0 Å². The molecule has 0 aliphatic heterocycles. The van der Waals surface area contributed by atoms with Gasteiger partial charge < -0.3 is 20.4 Å². The van der Waals surface area contributed by atoms with E-state index < -0.39 is 0 Å². The zero-order chi connectivity index (χ0) is 13.5. The van der Waals surface area contributed by atoms with E-state index in [1.54, 1.807) is 14.1 Å². The number of amides is 3. The Hall–Kier alpha value is -1.30. The molecule has 6 nitrogen and oxygen atoms in total. The maximum absolute atomic E-state index is 11.8. The molecule has 0 aromatic rings. The molecule has 3 amide bonds. The normalized spacial score (nSPS) is 14.2. The zero-order valence-electron chi connectivity index (χ0n) is 11.5. The number of hydrogen-bond donors (Lipinski definition) is 2. The Bertz CT molecular complexity index is 290. The second-order valence-corrected chi connectivity index (χ2v) is 4.71. The van der Waals surface area contributed by atoms with Crippen LogP contribution in [-0.4, -0.2) is 68.1 Å². The number of carbonyl (C=O) groups is 2. The number of likely N-dealkylation sites (N-methyl/N-ethyl adjacent to an activating group) is 1. The number of hydrogen-bond acceptors (Lipinski definition) is 3. The number of rotatable bonds is 7. The van der Waals surface area contributed by atoms with Gasteiger partial charge in [-0.05, 0) is 19.8 Å². The third-order valence-electron chi connectivity index (χ3n) is 2.91. The van der Waals surface area contributed by atoms with Crippen molar-refractivity contribution in [1.29, 1.82) is 0 Å². The van der Waals surface area contributed by atoms with E-state index in [4.69, 9.17) is 0 Å². The van der Waals surface area contributed by atoms with E-state index in [1.807, 2.05) is 11.8 Å². The van der Waals surface area contributed by atoms with E-state index in [2.05, 4.69) is 10.6 Å². The number of nitrogens with zero attached hydrogens (tertiary/aromatic N) is 2. The lowest BCUT2D eigenvalue weighted by atomic mass is 10.4. The van der Waals surface area contributed by atoms with Crippen LogP contribution >= 0.6 is 0 Å². The minimum absolute atomic E-state index is 0.115. The van der Waals surface area contributed by atoms with Crippen molar-refractivity contribution in [3.05, 3.63) is 0 Å². The van der Waals surface area contributed by atoms with E-state index in [-0.39, 0.29) is 11.9 Å². The zero-order valence-corrected chi connectivity index (χ0v) is 11.5. The molecule has 0 saturated heterocycles. The standard InChI is InChI=1S/C12H24N4O2/c1-4-16(10-5-6-10)11(17)9-13-7-8-14-12(18)15(2)3/h10,13H,4-9H2,1-3H3,(H,14,18). The molecule has 0 atom stereocenters. The quantitative estimate of drug-likeness (QED) is 0.623. The first kappa shape index (κ1) is 14.8. The van der Waals surface area contributed by atoms with Crippen LogP contribution in [0.3, 0.4) is 0 Å². The van der Waals surface area contributed by atoms with Gasteiger partial charge in [-0.3, -0.25) is 4.79 Å². The molecular formula is C12H24N4O2. The molecule has 1 aliphatic carbocycles. The summed E-state index contributed by atoms with van der Waals surface area (Å²) in [5.74, 6) is 0.152. The van der Waals surface area contributed by atoms with Crippen molar-refractivity contribution >= 4 is 11.9 Å². The average Bonchev–Trinajstić information content (AvgIpc) is 3.13. The van der Waals surface area contributed by atoms with Crippen molar-refractivity contribution in [2.75, 3.05) is 40.3 Å². The van der Waals surface area contributed by atoms with Crippen molar-refractivity contribution < 1.29 is 9.59 Å². The maximum Gasteiger partial charge on any atom is 0.316 e. The summed E-state index contributed by atoms with van der Waals surface area (Å²) in [6.07, 6.45) is 2.27. The van der Waals surface area contributed by atoms with Crippen molar-refractivity contribution in [2.45, 2.75) is 25.8 Å². The second-order valence-electron chi connectivity index (χ2n) is 4.71. The monoisotopic (exact) mass is 256 g/mol. The predicted molar refractivity (Wildman–Crippen MR) is 70.4 cm³/mol. The summed E-state index contributed by atoms with van der Waals surface area (Å²) in [5, 5.41) is 5.79. The number of urea groups is 1. The summed E-state index contributed by atoms with van der Waals surface area (Å²) in [6.45, 7) is 4.27. The second kappa shape index (κ2) is 7.20. The molecule has 0 radical (unpaired) electrons. The van der Waals surface area contributed by atoms with Crippen molar-refractivity contribution in [2.24, 2.45) is 0 Å². The van der Waals surface area contributed by atoms with Crippen molar-refractivity contribution in [3.8, 4) is 0 Å². The summed E-state index contributed by atoms with van der Waals surface area (Å²) >= 11 is 0. The van der Waals surface area contributed by atoms with Gasteiger partial charge >= 0.3 is 6.03 Å². The molecule has 6 heteroatoms. The fraction of sp³-hybridized carbons (Fsp3) is 0.833. The molecule has 0 heterocycles. The SMILES string of the molecule is CCN(C(=O)CNCCNC(=O)N(C)C)C1CC1. The van der Waals surface area contributed by atoms with Gasteiger partial charge in [0.05, 0.1) is 6.54 Å². The van der Waals surface area contributed by atoms with E-state index in [1.165, 1.54) is 4.90 Å². The molecule has 0 aromatic carbocycles. The van der Waals surface area contributed by atoms with Gasteiger partial charge in [-0.1, -0.05) is 0 Å². The number of carbonyl (C=O) groups excluding carboxylic acids is 2. The van der Waals surface area contributed by atoms with Gasteiger partial charge in [0.15, 0.2) is 0 Å². The highest BCUT2D eigenvalue weighted by Gasteiger charge is 2.30. The van der Waals surface area contributed by atoms with Gasteiger partial charge in [0.25, 0.3) is 0 Å². The summed E-state index contributed by atoms with van der Waals surface area (Å²) in [6, 6.07) is 0.356. The lowest BCUT2D eigenvalue weighted by molar-refractivity contribution is -0.130. The van der Waals surface area contributed by atoms with Crippen LogP contribution in [0.15, 0.2) is 0 Å². The van der Waals surface area contributed by atoms with E-state index in [9.17, 15) is 9.59 Å². The molecule has 104 valence electrons. The highest BCUT2D eigenvalue weighted by atomic mass is 16.2. The molecule has 1 fully saturated rings. The molecule has 1 rings (SSSR count). The molecule has 0 spiro atoms. The highest BCUT2D eigenvalue weighted by Crippen LogP contribution is 2.26. The minimum Gasteiger partial charge on any atom is -0.339 e. The fourth-order valence-corrected chi connectivity index (χ4v) is 1.74. The van der Waals surface area contributed by atoms with E-state index in [0.717, 1.165) is 19.4 Å². The average molecular weight is 256 g/mol. The first-order valence-electron chi connectivity index (χ1n) is 6.51. The van der Waals surface area contributed by atoms with Gasteiger partial charge in [-0.15, -0.1) is 0 Å². The van der Waals surface area contributed by atoms with Crippen LogP contribution in [-0.2, 0) is 4.79 Å². The van der Waals surface area contributed by atoms with Crippen LogP contribution in [0.4, 0.5) is 4.79 Å². The maximum atomic E-state index is 11.8. The van der Waals surface area contributed by atoms with Crippen LogP contribution < -0.4 is 10.6 Å². The van der Waals surface area contributed by atoms with E-state index in [0.29, 0.717) is 25.7 Å². The van der Waals surface area contributed by atoms with Crippen LogP contribution in [0.25, 0.3) is 0 Å². The largest absolute Gasteiger partial charge is 0.339 e. The van der Waals surface area contributed by atoms with Gasteiger partial charge in [0, 0.05) is 39.8 Å². The minimum atomic E-state index is -0.115. The third-order valence-corrected chi connectivity index (χ3v) is 2.91. The van der Waals surface area contributed by atoms with Gasteiger partial charge in [0.2, 0.25) is 5.91 Å². The lowest BCUT2D eigenvalue weighted by Crippen LogP contribution is -2.42. The Kier molecular flexibility index (Phi) is 5.91. The van der Waals surface area contributed by atoms with Crippen LogP contribution in [0.1, 0.15) is 19.8 Å². The van der Waals surface area contributed by atoms with Gasteiger partial charge in [-0.25, -0.2) is 4.79 Å². The Morgan fingerprint density at radius 2 is 1.89 bits per heavy atom. The third kappa shape index (κ3) is 4.91. The molecule has 1 saturated carbocycles. The van der Waals surface area contributed by atoms with Crippen LogP contribution in [0, 0.1) is 0 Å².